The zero-order valence-corrected chi connectivity index (χ0v) is 12.1. The summed E-state index contributed by atoms with van der Waals surface area (Å²) < 4.78 is 7.39. The molecule has 0 spiro atoms. The van der Waals surface area contributed by atoms with Crippen LogP contribution >= 0.6 is 0 Å². The third kappa shape index (κ3) is 2.69. The van der Waals surface area contributed by atoms with E-state index in [0.717, 1.165) is 5.46 Å². The van der Waals surface area contributed by atoms with E-state index < -0.39 is 11.2 Å². The lowest BCUT2D eigenvalue weighted by molar-refractivity contribution is -0.0893. The third-order valence-electron chi connectivity index (χ3n) is 3.61. The first-order chi connectivity index (χ1) is 9.24. The van der Waals surface area contributed by atoms with E-state index in [1.54, 1.807) is 31.9 Å². The van der Waals surface area contributed by atoms with Gasteiger partial charge in [-0.3, -0.25) is 4.40 Å². The van der Waals surface area contributed by atoms with Crippen LogP contribution in [0.2, 0.25) is 0 Å². The fraction of sp³-hybridized carbons (Fsp3) is 0.429. The van der Waals surface area contributed by atoms with Crippen molar-refractivity contribution in [2.24, 2.45) is 0 Å². The number of aliphatic hydroxyl groups is 1. The molecule has 0 aliphatic heterocycles. The maximum Gasteiger partial charge on any atom is 0.332 e. The maximum atomic E-state index is 10.0. The van der Waals surface area contributed by atoms with Gasteiger partial charge in [0.05, 0.1) is 17.4 Å². The molecular formula is C14H17BN3O2. The molecule has 0 fully saturated rings. The standard InChI is InChI=1S/C14H17BN3O2/c1-13(2,19)14(3,4)20-15-10-5-6-12-17-8-11(7-16)18(12)9-10/h5-6,8-9,19H,1-4H3. The van der Waals surface area contributed by atoms with Crippen LogP contribution in [0.4, 0.5) is 0 Å². The van der Waals surface area contributed by atoms with E-state index in [9.17, 15) is 5.11 Å². The van der Waals surface area contributed by atoms with Crippen molar-refractivity contribution in [1.29, 1.82) is 5.26 Å². The van der Waals surface area contributed by atoms with Gasteiger partial charge in [-0.1, -0.05) is 6.07 Å². The monoisotopic (exact) mass is 270 g/mol. The second kappa shape index (κ2) is 4.93. The highest BCUT2D eigenvalue weighted by Gasteiger charge is 2.35. The minimum Gasteiger partial charge on any atom is -0.427 e. The Hall–Kier alpha value is -1.84. The Kier molecular flexibility index (Phi) is 3.59. The van der Waals surface area contributed by atoms with Crippen molar-refractivity contribution in [3.63, 3.8) is 0 Å². The summed E-state index contributed by atoms with van der Waals surface area (Å²) in [4.78, 5) is 4.12. The van der Waals surface area contributed by atoms with E-state index in [0.29, 0.717) is 11.3 Å². The van der Waals surface area contributed by atoms with Gasteiger partial charge >= 0.3 is 7.48 Å². The van der Waals surface area contributed by atoms with Gasteiger partial charge in [-0.25, -0.2) is 4.98 Å². The fourth-order valence-corrected chi connectivity index (χ4v) is 1.51. The molecule has 2 rings (SSSR count). The van der Waals surface area contributed by atoms with Gasteiger partial charge in [0.2, 0.25) is 0 Å². The summed E-state index contributed by atoms with van der Waals surface area (Å²) in [7, 11) is 1.58. The molecule has 6 heteroatoms. The molecule has 103 valence electrons. The number of pyridine rings is 1. The first-order valence-electron chi connectivity index (χ1n) is 6.35. The summed E-state index contributed by atoms with van der Waals surface area (Å²) in [6, 6.07) is 5.74. The van der Waals surface area contributed by atoms with E-state index in [2.05, 4.69) is 11.1 Å². The van der Waals surface area contributed by atoms with Gasteiger partial charge in [0.15, 0.2) is 0 Å². The van der Waals surface area contributed by atoms with E-state index in [1.165, 1.54) is 6.20 Å². The van der Waals surface area contributed by atoms with Crippen LogP contribution in [-0.4, -0.2) is 33.2 Å². The Morgan fingerprint density at radius 3 is 2.65 bits per heavy atom. The van der Waals surface area contributed by atoms with Gasteiger partial charge < -0.3 is 9.76 Å². The van der Waals surface area contributed by atoms with Crippen molar-refractivity contribution in [3.05, 3.63) is 30.2 Å². The van der Waals surface area contributed by atoms with Gasteiger partial charge in [-0.05, 0) is 39.2 Å². The fourth-order valence-electron chi connectivity index (χ4n) is 1.51. The van der Waals surface area contributed by atoms with E-state index in [1.807, 2.05) is 26.0 Å². The number of fused-ring (bicyclic) bond motifs is 1. The molecule has 0 atom stereocenters. The molecule has 0 bridgehead atoms. The van der Waals surface area contributed by atoms with Crippen LogP contribution < -0.4 is 5.46 Å². The Balaban J connectivity index is 2.21. The average molecular weight is 270 g/mol. The molecule has 1 radical (unpaired) electrons. The first kappa shape index (κ1) is 14.6. The molecule has 5 nitrogen and oxygen atoms in total. The SMILES string of the molecule is CC(C)(O)C(C)(C)O[B]c1ccc2ncc(C#N)n2c1. The predicted octanol–water partition coefficient (Wildman–Crippen LogP) is 1.02. The molecule has 0 saturated heterocycles. The average Bonchev–Trinajstić information content (AvgIpc) is 2.77. The van der Waals surface area contributed by atoms with Crippen molar-refractivity contribution in [2.75, 3.05) is 0 Å². The number of nitrogens with zero attached hydrogens (tertiary/aromatic N) is 3. The highest BCUT2D eigenvalue weighted by molar-refractivity contribution is 6.46. The molecular weight excluding hydrogens is 253 g/mol. The Labute approximate surface area is 119 Å². The molecule has 20 heavy (non-hydrogen) atoms. The van der Waals surface area contributed by atoms with Crippen molar-refractivity contribution >= 4 is 18.6 Å². The lowest BCUT2D eigenvalue weighted by Gasteiger charge is -2.37. The summed E-state index contributed by atoms with van der Waals surface area (Å²) in [5.41, 5.74) is 0.275. The van der Waals surface area contributed by atoms with Crippen LogP contribution in [0.15, 0.2) is 24.5 Å². The molecule has 0 aliphatic carbocycles. The number of imidazole rings is 1. The first-order valence-corrected chi connectivity index (χ1v) is 6.35. The van der Waals surface area contributed by atoms with Crippen LogP contribution in [0.25, 0.3) is 5.65 Å². The molecule has 0 aromatic carbocycles. The highest BCUT2D eigenvalue weighted by Crippen LogP contribution is 2.24. The zero-order valence-electron chi connectivity index (χ0n) is 12.1. The summed E-state index contributed by atoms with van der Waals surface area (Å²) in [6.07, 6.45) is 3.31. The highest BCUT2D eigenvalue weighted by atomic mass is 16.5. The van der Waals surface area contributed by atoms with Gasteiger partial charge in [0, 0.05) is 6.20 Å². The Bertz CT molecular complexity index is 665. The lowest BCUT2D eigenvalue weighted by Crippen LogP contribution is -2.49. The topological polar surface area (TPSA) is 70.5 Å². The van der Waals surface area contributed by atoms with Gasteiger partial charge in [-0.15, -0.1) is 0 Å². The third-order valence-corrected chi connectivity index (χ3v) is 3.61. The molecule has 2 aromatic rings. The Morgan fingerprint density at radius 1 is 1.35 bits per heavy atom. The Morgan fingerprint density at radius 2 is 2.05 bits per heavy atom. The van der Waals surface area contributed by atoms with Gasteiger partial charge in [-0.2, -0.15) is 5.26 Å². The molecule has 0 saturated carbocycles. The van der Waals surface area contributed by atoms with Crippen LogP contribution in [0.1, 0.15) is 33.4 Å². The van der Waals surface area contributed by atoms with Crippen LogP contribution in [-0.2, 0) is 4.65 Å². The summed E-state index contributed by atoms with van der Waals surface area (Å²) in [5, 5.41) is 19.0. The minimum absolute atomic E-state index is 0.469. The van der Waals surface area contributed by atoms with Gasteiger partial charge in [0.1, 0.15) is 17.4 Å². The van der Waals surface area contributed by atoms with E-state index in [4.69, 9.17) is 9.92 Å². The smallest absolute Gasteiger partial charge is 0.332 e. The number of hydrogen-bond acceptors (Lipinski definition) is 4. The van der Waals surface area contributed by atoms with E-state index >= 15 is 0 Å². The number of rotatable bonds is 4. The number of hydrogen-bond donors (Lipinski definition) is 1. The molecule has 0 amide bonds. The second-order valence-corrected chi connectivity index (χ2v) is 5.75. The second-order valence-electron chi connectivity index (χ2n) is 5.75. The predicted molar refractivity (Wildman–Crippen MR) is 76.8 cm³/mol. The van der Waals surface area contributed by atoms with Gasteiger partial charge in [0.25, 0.3) is 0 Å². The molecule has 2 heterocycles. The largest absolute Gasteiger partial charge is 0.427 e. The summed E-state index contributed by atoms with van der Waals surface area (Å²) >= 11 is 0. The van der Waals surface area contributed by atoms with Crippen molar-refractivity contribution in [3.8, 4) is 6.07 Å². The lowest BCUT2D eigenvalue weighted by atomic mass is 9.83. The van der Waals surface area contributed by atoms with Crippen molar-refractivity contribution < 1.29 is 9.76 Å². The van der Waals surface area contributed by atoms with Crippen molar-refractivity contribution in [2.45, 2.75) is 38.9 Å². The van der Waals surface area contributed by atoms with Crippen LogP contribution in [0.3, 0.4) is 0 Å². The summed E-state index contributed by atoms with van der Waals surface area (Å²) in [6.45, 7) is 7.04. The van der Waals surface area contributed by atoms with E-state index in [-0.39, 0.29) is 0 Å². The number of aromatic nitrogens is 2. The van der Waals surface area contributed by atoms with Crippen LogP contribution in [0, 0.1) is 11.3 Å². The minimum atomic E-state index is -0.972. The summed E-state index contributed by atoms with van der Waals surface area (Å²) in [5.74, 6) is 0. The zero-order chi connectivity index (χ0) is 15.0. The number of nitriles is 1. The maximum absolute atomic E-state index is 10.0. The molecule has 1 N–H and O–H groups in total. The molecule has 2 aromatic heterocycles. The van der Waals surface area contributed by atoms with Crippen LogP contribution in [0.5, 0.6) is 0 Å². The molecule has 0 aliphatic rings. The quantitative estimate of drug-likeness (QED) is 0.842. The normalized spacial score (nSPS) is 12.4. The molecule has 0 unspecified atom stereocenters. The van der Waals surface area contributed by atoms with Crippen molar-refractivity contribution in [1.82, 2.24) is 9.38 Å².